The molecule has 0 saturated carbocycles. The van der Waals surface area contributed by atoms with Crippen LogP contribution in [0.25, 0.3) is 16.9 Å². The van der Waals surface area contributed by atoms with Crippen LogP contribution < -0.4 is 10.8 Å². The van der Waals surface area contributed by atoms with Crippen LogP contribution in [0.2, 0.25) is 0 Å². The van der Waals surface area contributed by atoms with Crippen LogP contribution in [0.15, 0.2) is 54.7 Å². The van der Waals surface area contributed by atoms with Gasteiger partial charge in [0.1, 0.15) is 11.5 Å². The van der Waals surface area contributed by atoms with Gasteiger partial charge in [-0.05, 0) is 49.2 Å². The first-order chi connectivity index (χ1) is 15.0. The van der Waals surface area contributed by atoms with Gasteiger partial charge in [-0.15, -0.1) is 5.10 Å². The lowest BCUT2D eigenvalue weighted by molar-refractivity contribution is -0.129. The first kappa shape index (κ1) is 22.1. The van der Waals surface area contributed by atoms with E-state index in [0.29, 0.717) is 29.9 Å². The maximum atomic E-state index is 13.1. The van der Waals surface area contributed by atoms with Crippen LogP contribution >= 0.6 is 0 Å². The Hall–Kier alpha value is -3.59. The van der Waals surface area contributed by atoms with Gasteiger partial charge < -0.3 is 5.32 Å². The second-order valence-electron chi connectivity index (χ2n) is 7.10. The number of carbonyl (C=O) groups is 2. The molecule has 0 fully saturated rings. The molecule has 0 unspecified atom stereocenters. The number of benzene rings is 2. The Kier molecular flexibility index (Phi) is 7.83. The van der Waals surface area contributed by atoms with E-state index < -0.39 is 5.91 Å². The number of unbranched alkanes of at least 4 members (excludes halogenated alkanes) is 3. The van der Waals surface area contributed by atoms with Crippen molar-refractivity contribution in [1.82, 2.24) is 20.5 Å². The minimum absolute atomic E-state index is 0.0831. The van der Waals surface area contributed by atoms with Gasteiger partial charge >= 0.3 is 0 Å². The highest BCUT2D eigenvalue weighted by Gasteiger charge is 2.08. The van der Waals surface area contributed by atoms with E-state index in [9.17, 15) is 14.0 Å². The first-order valence-electron chi connectivity index (χ1n) is 10.1. The zero-order chi connectivity index (χ0) is 22.1. The van der Waals surface area contributed by atoms with Gasteiger partial charge in [-0.25, -0.2) is 14.6 Å². The van der Waals surface area contributed by atoms with E-state index in [1.54, 1.807) is 34.6 Å². The maximum absolute atomic E-state index is 13.1. The van der Waals surface area contributed by atoms with Crippen molar-refractivity contribution in [2.75, 3.05) is 5.32 Å². The van der Waals surface area contributed by atoms with Gasteiger partial charge in [0.25, 0.3) is 0 Å². The first-order valence-corrected chi connectivity index (χ1v) is 10.1. The number of hydrogen-bond donors (Lipinski definition) is 3. The second kappa shape index (κ2) is 11.0. The molecule has 3 aromatic rings. The topological polar surface area (TPSA) is 109 Å². The quantitative estimate of drug-likeness (QED) is 0.260. The molecule has 31 heavy (non-hydrogen) atoms. The SMILES string of the molecule is O=C(CCCCCCC(=O)Nc1cccc(-c2cn(-c3ccc(F)cc3)nn2)c1)NO. The van der Waals surface area contributed by atoms with Crippen molar-refractivity contribution >= 4 is 17.5 Å². The molecule has 0 spiro atoms. The molecule has 9 heteroatoms. The molecule has 0 radical (unpaired) electrons. The number of halogens is 1. The lowest BCUT2D eigenvalue weighted by atomic mass is 10.1. The Labute approximate surface area is 179 Å². The predicted molar refractivity (Wildman–Crippen MR) is 113 cm³/mol. The van der Waals surface area contributed by atoms with E-state index >= 15 is 0 Å². The fourth-order valence-electron chi connectivity index (χ4n) is 3.08. The van der Waals surface area contributed by atoms with E-state index in [-0.39, 0.29) is 18.1 Å². The molecule has 2 amide bonds. The third kappa shape index (κ3) is 6.71. The Balaban J connectivity index is 1.50. The van der Waals surface area contributed by atoms with Crippen LogP contribution in [0, 0.1) is 5.82 Å². The van der Waals surface area contributed by atoms with E-state index in [4.69, 9.17) is 5.21 Å². The van der Waals surface area contributed by atoms with Gasteiger partial charge in [0.2, 0.25) is 11.8 Å². The number of amides is 2. The molecular formula is C22H24FN5O3. The Morgan fingerprint density at radius 1 is 0.968 bits per heavy atom. The van der Waals surface area contributed by atoms with Gasteiger partial charge in [-0.3, -0.25) is 14.8 Å². The third-order valence-corrected chi connectivity index (χ3v) is 4.71. The normalized spacial score (nSPS) is 10.6. The predicted octanol–water partition coefficient (Wildman–Crippen LogP) is 3.86. The summed E-state index contributed by atoms with van der Waals surface area (Å²) in [6, 6.07) is 13.3. The third-order valence-electron chi connectivity index (χ3n) is 4.71. The number of aromatic nitrogens is 3. The lowest BCUT2D eigenvalue weighted by Crippen LogP contribution is -2.17. The summed E-state index contributed by atoms with van der Waals surface area (Å²) in [5.74, 6) is -0.794. The Bertz CT molecular complexity index is 1020. The van der Waals surface area contributed by atoms with E-state index in [1.807, 2.05) is 18.2 Å². The monoisotopic (exact) mass is 425 g/mol. The second-order valence-corrected chi connectivity index (χ2v) is 7.10. The highest BCUT2D eigenvalue weighted by molar-refractivity contribution is 5.91. The number of hydroxylamine groups is 1. The van der Waals surface area contributed by atoms with Crippen molar-refractivity contribution in [1.29, 1.82) is 0 Å². The van der Waals surface area contributed by atoms with Crippen molar-refractivity contribution in [2.45, 2.75) is 38.5 Å². The molecule has 0 aliphatic carbocycles. The van der Waals surface area contributed by atoms with Crippen molar-refractivity contribution in [2.24, 2.45) is 0 Å². The van der Waals surface area contributed by atoms with Crippen LogP contribution in [0.1, 0.15) is 38.5 Å². The lowest BCUT2D eigenvalue weighted by Gasteiger charge is -2.06. The summed E-state index contributed by atoms with van der Waals surface area (Å²) in [6.07, 6.45) is 5.45. The molecule has 2 aromatic carbocycles. The summed E-state index contributed by atoms with van der Waals surface area (Å²) >= 11 is 0. The van der Waals surface area contributed by atoms with Crippen LogP contribution in [0.3, 0.4) is 0 Å². The minimum Gasteiger partial charge on any atom is -0.326 e. The zero-order valence-electron chi connectivity index (χ0n) is 16.9. The summed E-state index contributed by atoms with van der Waals surface area (Å²) in [5.41, 5.74) is 4.40. The summed E-state index contributed by atoms with van der Waals surface area (Å²) in [4.78, 5) is 23.1. The van der Waals surface area contributed by atoms with Crippen LogP contribution in [-0.2, 0) is 9.59 Å². The summed E-state index contributed by atoms with van der Waals surface area (Å²) < 4.78 is 14.7. The molecule has 0 bridgehead atoms. The highest BCUT2D eigenvalue weighted by atomic mass is 19.1. The summed E-state index contributed by atoms with van der Waals surface area (Å²) in [6.45, 7) is 0. The molecule has 8 nitrogen and oxygen atoms in total. The molecule has 0 aliphatic heterocycles. The fourth-order valence-corrected chi connectivity index (χ4v) is 3.08. The number of hydrogen-bond acceptors (Lipinski definition) is 5. The molecule has 1 heterocycles. The minimum atomic E-state index is -0.393. The number of carbonyl (C=O) groups excluding carboxylic acids is 2. The van der Waals surface area contributed by atoms with Crippen LogP contribution in [0.4, 0.5) is 10.1 Å². The zero-order valence-corrected chi connectivity index (χ0v) is 16.9. The van der Waals surface area contributed by atoms with Crippen molar-refractivity contribution in [3.8, 4) is 16.9 Å². The van der Waals surface area contributed by atoms with E-state index in [0.717, 1.165) is 24.8 Å². The van der Waals surface area contributed by atoms with Gasteiger partial charge in [0.05, 0.1) is 11.9 Å². The van der Waals surface area contributed by atoms with Gasteiger partial charge in [-0.1, -0.05) is 30.2 Å². The standard InChI is InChI=1S/C22H24FN5O3/c23-17-10-12-19(13-11-17)28-15-20(25-27-28)16-6-5-7-18(14-16)24-21(29)8-3-1-2-4-9-22(30)26-31/h5-7,10-15,31H,1-4,8-9H2,(H,24,29)(H,26,30). The smallest absolute Gasteiger partial charge is 0.243 e. The fraction of sp³-hybridized carbons (Fsp3) is 0.273. The number of nitrogens with zero attached hydrogens (tertiary/aromatic N) is 3. The molecule has 3 N–H and O–H groups in total. The maximum Gasteiger partial charge on any atom is 0.243 e. The van der Waals surface area contributed by atoms with Crippen molar-refractivity contribution < 1.29 is 19.2 Å². The summed E-state index contributed by atoms with van der Waals surface area (Å²) in [5, 5.41) is 19.6. The van der Waals surface area contributed by atoms with Gasteiger partial charge in [0.15, 0.2) is 0 Å². The molecule has 162 valence electrons. The molecule has 0 atom stereocenters. The molecule has 1 aromatic heterocycles. The van der Waals surface area contributed by atoms with Gasteiger partial charge in [-0.2, -0.15) is 0 Å². The number of nitrogens with one attached hydrogen (secondary N) is 2. The molecule has 0 saturated heterocycles. The van der Waals surface area contributed by atoms with Crippen LogP contribution in [0.5, 0.6) is 0 Å². The average molecular weight is 425 g/mol. The Morgan fingerprint density at radius 2 is 1.68 bits per heavy atom. The van der Waals surface area contributed by atoms with E-state index in [1.165, 1.54) is 12.1 Å². The van der Waals surface area contributed by atoms with E-state index in [2.05, 4.69) is 15.6 Å². The molecule has 0 aliphatic rings. The van der Waals surface area contributed by atoms with Crippen molar-refractivity contribution in [3.05, 3.63) is 60.5 Å². The van der Waals surface area contributed by atoms with Crippen LogP contribution in [-0.4, -0.2) is 32.0 Å². The average Bonchev–Trinajstić information content (AvgIpc) is 3.27. The number of rotatable bonds is 10. The highest BCUT2D eigenvalue weighted by Crippen LogP contribution is 2.22. The van der Waals surface area contributed by atoms with Crippen molar-refractivity contribution in [3.63, 3.8) is 0 Å². The summed E-state index contributed by atoms with van der Waals surface area (Å²) in [7, 11) is 0. The molecular weight excluding hydrogens is 401 g/mol. The van der Waals surface area contributed by atoms with Gasteiger partial charge in [0, 0.05) is 24.1 Å². The Morgan fingerprint density at radius 3 is 2.39 bits per heavy atom. The largest absolute Gasteiger partial charge is 0.326 e. The molecule has 3 rings (SSSR count). The number of anilines is 1.